The fraction of sp³-hybridized carbons (Fsp3) is 0.400. The summed E-state index contributed by atoms with van der Waals surface area (Å²) in [4.78, 5) is 2.64. The Labute approximate surface area is 91.2 Å². The molecule has 1 aromatic rings. The van der Waals surface area contributed by atoms with Crippen LogP contribution < -0.4 is 0 Å². The van der Waals surface area contributed by atoms with E-state index < -0.39 is 17.7 Å². The number of hydrogen-bond acceptors (Lipinski definition) is 2. The van der Waals surface area contributed by atoms with Crippen LogP contribution in [0, 0.1) is 11.6 Å². The Hall–Kier alpha value is -1.65. The third kappa shape index (κ3) is 3.18. The molecule has 0 radical (unpaired) electrons. The van der Waals surface area contributed by atoms with E-state index in [1.54, 1.807) is 0 Å². The number of aliphatic hydroxyl groups excluding tert-OH is 1. The average Bonchev–Trinajstić information content (AvgIpc) is 2.28. The summed E-state index contributed by atoms with van der Waals surface area (Å²) in [6.07, 6.45) is 0.828. The van der Waals surface area contributed by atoms with E-state index in [1.807, 2.05) is 0 Å². The molecule has 1 rings (SSSR count). The first kappa shape index (κ1) is 12.4. The summed E-state index contributed by atoms with van der Waals surface area (Å²) in [6.45, 7) is -0.0406. The highest BCUT2D eigenvalue weighted by Gasteiger charge is 2.11. The molecule has 0 saturated carbocycles. The highest BCUT2D eigenvalue weighted by molar-refractivity contribution is 5.21. The third-order valence-electron chi connectivity index (χ3n) is 2.16. The molecule has 0 aromatic heterocycles. The summed E-state index contributed by atoms with van der Waals surface area (Å²) in [6, 6.07) is 2.79. The number of nitrogens with zero attached hydrogens (tertiary/aromatic N) is 3. The van der Waals surface area contributed by atoms with Crippen molar-refractivity contribution < 1.29 is 13.9 Å². The van der Waals surface area contributed by atoms with Gasteiger partial charge in [0.1, 0.15) is 0 Å². The van der Waals surface area contributed by atoms with Gasteiger partial charge >= 0.3 is 0 Å². The molecule has 0 heterocycles. The molecule has 0 fully saturated rings. The third-order valence-corrected chi connectivity index (χ3v) is 2.16. The van der Waals surface area contributed by atoms with Gasteiger partial charge in [0.2, 0.25) is 0 Å². The average molecular weight is 227 g/mol. The first-order chi connectivity index (χ1) is 7.69. The van der Waals surface area contributed by atoms with E-state index in [0.29, 0.717) is 18.4 Å². The molecule has 1 N–H and O–H groups in total. The van der Waals surface area contributed by atoms with Gasteiger partial charge in [0.15, 0.2) is 11.6 Å². The Morgan fingerprint density at radius 2 is 2.12 bits per heavy atom. The number of halogens is 2. The van der Waals surface area contributed by atoms with E-state index in [4.69, 9.17) is 10.6 Å². The Morgan fingerprint density at radius 3 is 2.69 bits per heavy atom. The van der Waals surface area contributed by atoms with Crippen LogP contribution >= 0.6 is 0 Å². The summed E-state index contributed by atoms with van der Waals surface area (Å²) in [7, 11) is 0. The van der Waals surface area contributed by atoms with E-state index in [1.165, 1.54) is 6.07 Å². The minimum atomic E-state index is -0.973. The van der Waals surface area contributed by atoms with Crippen molar-refractivity contribution >= 4 is 0 Å². The van der Waals surface area contributed by atoms with Crippen molar-refractivity contribution in [1.29, 1.82) is 0 Å². The van der Waals surface area contributed by atoms with E-state index in [-0.39, 0.29) is 6.61 Å². The van der Waals surface area contributed by atoms with Gasteiger partial charge in [-0.3, -0.25) is 0 Å². The Balaban J connectivity index is 2.91. The molecule has 6 heteroatoms. The number of azide groups is 1. The molecule has 0 aliphatic heterocycles. The molecule has 16 heavy (non-hydrogen) atoms. The van der Waals surface area contributed by atoms with Crippen LogP contribution in [0.4, 0.5) is 8.78 Å². The monoisotopic (exact) mass is 227 g/mol. The van der Waals surface area contributed by atoms with Gasteiger partial charge in [-0.25, -0.2) is 8.78 Å². The lowest BCUT2D eigenvalue weighted by molar-refractivity contribution is 0.280. The van der Waals surface area contributed by atoms with Gasteiger partial charge in [0, 0.05) is 11.5 Å². The van der Waals surface area contributed by atoms with Gasteiger partial charge in [-0.05, 0) is 36.1 Å². The standard InChI is InChI=1S/C10H11F2N3O/c11-8-4-3-7(6-9(8)12)10(14-15-13)2-1-5-16/h3-4,6,10,16H,1-2,5H2. The molecule has 0 amide bonds. The van der Waals surface area contributed by atoms with E-state index in [2.05, 4.69) is 10.0 Å². The van der Waals surface area contributed by atoms with E-state index in [0.717, 1.165) is 12.1 Å². The second-order valence-electron chi connectivity index (χ2n) is 3.26. The topological polar surface area (TPSA) is 69.0 Å². The molecule has 0 aliphatic rings. The zero-order valence-electron chi connectivity index (χ0n) is 8.48. The van der Waals surface area contributed by atoms with E-state index in [9.17, 15) is 8.78 Å². The second-order valence-corrected chi connectivity index (χ2v) is 3.26. The lowest BCUT2D eigenvalue weighted by Crippen LogP contribution is -1.98. The van der Waals surface area contributed by atoms with Crippen LogP contribution in [0.5, 0.6) is 0 Å². The summed E-state index contributed by atoms with van der Waals surface area (Å²) in [5.74, 6) is -1.91. The molecule has 4 nitrogen and oxygen atoms in total. The Morgan fingerprint density at radius 1 is 1.38 bits per heavy atom. The molecular weight excluding hydrogens is 216 g/mol. The molecular formula is C10H11F2N3O. The fourth-order valence-electron chi connectivity index (χ4n) is 1.36. The first-order valence-corrected chi connectivity index (χ1v) is 4.79. The maximum Gasteiger partial charge on any atom is 0.159 e. The molecule has 86 valence electrons. The van der Waals surface area contributed by atoms with Crippen molar-refractivity contribution in [2.45, 2.75) is 18.9 Å². The minimum absolute atomic E-state index is 0.0406. The molecule has 0 bridgehead atoms. The van der Waals surface area contributed by atoms with Crippen molar-refractivity contribution in [3.05, 3.63) is 45.8 Å². The number of aliphatic hydroxyl groups is 1. The van der Waals surface area contributed by atoms with E-state index >= 15 is 0 Å². The smallest absolute Gasteiger partial charge is 0.159 e. The predicted molar refractivity (Wildman–Crippen MR) is 54.6 cm³/mol. The fourth-order valence-corrected chi connectivity index (χ4v) is 1.36. The highest BCUT2D eigenvalue weighted by Crippen LogP contribution is 2.24. The van der Waals surface area contributed by atoms with Crippen molar-refractivity contribution in [1.82, 2.24) is 0 Å². The predicted octanol–water partition coefficient (Wildman–Crippen LogP) is 3.09. The van der Waals surface area contributed by atoms with Gasteiger partial charge in [-0.1, -0.05) is 11.2 Å². The van der Waals surface area contributed by atoms with Crippen molar-refractivity contribution in [3.63, 3.8) is 0 Å². The second kappa shape index (κ2) is 6.05. The van der Waals surface area contributed by atoms with Gasteiger partial charge < -0.3 is 5.11 Å². The van der Waals surface area contributed by atoms with Crippen LogP contribution in [0.1, 0.15) is 24.4 Å². The SMILES string of the molecule is [N-]=[N+]=NC(CCCO)c1ccc(F)c(F)c1. The van der Waals surface area contributed by atoms with Crippen LogP contribution in [0.2, 0.25) is 0 Å². The van der Waals surface area contributed by atoms with Crippen molar-refractivity contribution in [3.8, 4) is 0 Å². The van der Waals surface area contributed by atoms with Crippen LogP contribution in [0.25, 0.3) is 10.4 Å². The van der Waals surface area contributed by atoms with Gasteiger partial charge in [-0.2, -0.15) is 0 Å². The maximum absolute atomic E-state index is 12.9. The van der Waals surface area contributed by atoms with Gasteiger partial charge in [-0.15, -0.1) is 0 Å². The van der Waals surface area contributed by atoms with Crippen LogP contribution in [0.3, 0.4) is 0 Å². The van der Waals surface area contributed by atoms with Crippen LogP contribution in [-0.2, 0) is 0 Å². The maximum atomic E-state index is 12.9. The first-order valence-electron chi connectivity index (χ1n) is 4.79. The lowest BCUT2D eigenvalue weighted by atomic mass is 10.0. The molecule has 0 aliphatic carbocycles. The summed E-state index contributed by atoms with van der Waals surface area (Å²) in [5, 5.41) is 12.1. The molecule has 0 saturated heterocycles. The van der Waals surface area contributed by atoms with Crippen molar-refractivity contribution in [2.24, 2.45) is 5.11 Å². The molecule has 0 spiro atoms. The normalized spacial score (nSPS) is 11.9. The van der Waals surface area contributed by atoms with Gasteiger partial charge in [0.05, 0.1) is 6.04 Å². The lowest BCUT2D eigenvalue weighted by Gasteiger charge is -2.10. The van der Waals surface area contributed by atoms with Crippen LogP contribution in [-0.4, -0.2) is 11.7 Å². The van der Waals surface area contributed by atoms with Crippen LogP contribution in [0.15, 0.2) is 23.3 Å². The highest BCUT2D eigenvalue weighted by atomic mass is 19.2. The Kier molecular flexibility index (Phi) is 4.69. The molecule has 1 aromatic carbocycles. The number of hydrogen-bond donors (Lipinski definition) is 1. The summed E-state index contributed by atoms with van der Waals surface area (Å²) >= 11 is 0. The van der Waals surface area contributed by atoms with Crippen molar-refractivity contribution in [2.75, 3.05) is 6.61 Å². The molecule has 1 atom stereocenters. The quantitative estimate of drug-likeness (QED) is 0.468. The zero-order valence-corrected chi connectivity index (χ0v) is 8.48. The Bertz CT molecular complexity index is 405. The minimum Gasteiger partial charge on any atom is -0.396 e. The number of rotatable bonds is 5. The summed E-state index contributed by atoms with van der Waals surface area (Å²) < 4.78 is 25.6. The number of benzene rings is 1. The molecule has 1 unspecified atom stereocenters. The van der Waals surface area contributed by atoms with Gasteiger partial charge in [0.25, 0.3) is 0 Å². The zero-order chi connectivity index (χ0) is 12.0. The largest absolute Gasteiger partial charge is 0.396 e. The summed E-state index contributed by atoms with van der Waals surface area (Å²) in [5.41, 5.74) is 8.76.